The smallest absolute Gasteiger partial charge is 0.337 e. The van der Waals surface area contributed by atoms with Crippen LogP contribution in [0.4, 0.5) is 5.69 Å². The number of carbonyl (C=O) groups is 1. The van der Waals surface area contributed by atoms with Crippen molar-refractivity contribution in [3.05, 3.63) is 59.7 Å². The summed E-state index contributed by atoms with van der Waals surface area (Å²) in [6.07, 6.45) is 1.97. The fourth-order valence-electron chi connectivity index (χ4n) is 3.14. The number of aromatic hydroxyl groups is 1. The van der Waals surface area contributed by atoms with Crippen molar-refractivity contribution in [1.82, 2.24) is 0 Å². The van der Waals surface area contributed by atoms with Gasteiger partial charge in [0.25, 0.3) is 0 Å². The maximum Gasteiger partial charge on any atom is 0.337 e. The number of rotatable bonds is 3. The van der Waals surface area contributed by atoms with Gasteiger partial charge in [0.2, 0.25) is 0 Å². The SMILES string of the molecule is O=C(O)c1ccc(O)cc1N1CCC(c2ccccc2)CC1. The van der Waals surface area contributed by atoms with E-state index < -0.39 is 5.97 Å². The molecule has 0 radical (unpaired) electrons. The van der Waals surface area contributed by atoms with E-state index in [4.69, 9.17) is 0 Å². The van der Waals surface area contributed by atoms with Crippen LogP contribution in [0.5, 0.6) is 5.75 Å². The number of phenolic OH excluding ortho intramolecular Hbond substituents is 1. The average molecular weight is 297 g/mol. The lowest BCUT2D eigenvalue weighted by Crippen LogP contribution is -2.33. The van der Waals surface area contributed by atoms with E-state index in [2.05, 4.69) is 29.2 Å². The minimum Gasteiger partial charge on any atom is -0.508 e. The van der Waals surface area contributed by atoms with Crippen LogP contribution in [-0.4, -0.2) is 29.3 Å². The molecule has 0 aromatic heterocycles. The number of hydrogen-bond acceptors (Lipinski definition) is 3. The van der Waals surface area contributed by atoms with Crippen molar-refractivity contribution in [2.24, 2.45) is 0 Å². The van der Waals surface area contributed by atoms with Crippen LogP contribution >= 0.6 is 0 Å². The van der Waals surface area contributed by atoms with Gasteiger partial charge in [0.15, 0.2) is 0 Å². The van der Waals surface area contributed by atoms with Gasteiger partial charge in [-0.05, 0) is 36.5 Å². The van der Waals surface area contributed by atoms with Gasteiger partial charge in [-0.2, -0.15) is 0 Å². The molecule has 2 aromatic carbocycles. The number of nitrogens with zero attached hydrogens (tertiary/aromatic N) is 1. The number of anilines is 1. The van der Waals surface area contributed by atoms with Gasteiger partial charge in [-0.1, -0.05) is 30.3 Å². The molecular formula is C18H19NO3. The summed E-state index contributed by atoms with van der Waals surface area (Å²) in [5, 5.41) is 19.0. The molecule has 2 N–H and O–H groups in total. The first-order valence-electron chi connectivity index (χ1n) is 7.51. The second kappa shape index (κ2) is 6.10. The van der Waals surface area contributed by atoms with Crippen LogP contribution in [0, 0.1) is 0 Å². The summed E-state index contributed by atoms with van der Waals surface area (Å²) in [5.74, 6) is -0.339. The topological polar surface area (TPSA) is 60.8 Å². The lowest BCUT2D eigenvalue weighted by molar-refractivity contribution is 0.0697. The molecule has 4 nitrogen and oxygen atoms in total. The zero-order valence-corrected chi connectivity index (χ0v) is 12.3. The molecule has 0 saturated carbocycles. The highest BCUT2D eigenvalue weighted by atomic mass is 16.4. The number of hydrogen-bond donors (Lipinski definition) is 2. The largest absolute Gasteiger partial charge is 0.508 e. The summed E-state index contributed by atoms with van der Waals surface area (Å²) in [5.41, 5.74) is 2.20. The van der Waals surface area contributed by atoms with E-state index in [9.17, 15) is 15.0 Å². The third-order valence-corrected chi connectivity index (χ3v) is 4.32. The monoisotopic (exact) mass is 297 g/mol. The van der Waals surface area contributed by atoms with Gasteiger partial charge in [0, 0.05) is 19.2 Å². The molecule has 0 spiro atoms. The Bertz CT molecular complexity index is 661. The highest BCUT2D eigenvalue weighted by Crippen LogP contribution is 2.33. The third-order valence-electron chi connectivity index (χ3n) is 4.32. The van der Waals surface area contributed by atoms with E-state index in [1.165, 1.54) is 17.7 Å². The standard InChI is InChI=1S/C18H19NO3/c20-15-6-7-16(18(21)22)17(12-15)19-10-8-14(9-11-19)13-4-2-1-3-5-13/h1-7,12,14,20H,8-11H2,(H,21,22). The number of aromatic carboxylic acids is 1. The molecule has 0 atom stereocenters. The van der Waals surface area contributed by atoms with Crippen LogP contribution in [-0.2, 0) is 0 Å². The first kappa shape index (κ1) is 14.4. The van der Waals surface area contributed by atoms with Gasteiger partial charge in [-0.3, -0.25) is 0 Å². The van der Waals surface area contributed by atoms with Crippen molar-refractivity contribution in [1.29, 1.82) is 0 Å². The normalized spacial score (nSPS) is 15.7. The van der Waals surface area contributed by atoms with Gasteiger partial charge < -0.3 is 15.1 Å². The molecule has 1 fully saturated rings. The van der Waals surface area contributed by atoms with E-state index in [0.717, 1.165) is 25.9 Å². The van der Waals surface area contributed by atoms with Gasteiger partial charge in [-0.15, -0.1) is 0 Å². The van der Waals surface area contributed by atoms with E-state index in [1.54, 1.807) is 6.07 Å². The Balaban J connectivity index is 1.77. The number of carboxylic acid groups (broad SMARTS) is 1. The fraction of sp³-hybridized carbons (Fsp3) is 0.278. The molecule has 1 heterocycles. The molecule has 114 valence electrons. The zero-order valence-electron chi connectivity index (χ0n) is 12.3. The van der Waals surface area contributed by atoms with Crippen LogP contribution in [0.1, 0.15) is 34.7 Å². The van der Waals surface area contributed by atoms with E-state index in [-0.39, 0.29) is 11.3 Å². The van der Waals surface area contributed by atoms with Crippen molar-refractivity contribution < 1.29 is 15.0 Å². The molecule has 22 heavy (non-hydrogen) atoms. The quantitative estimate of drug-likeness (QED) is 0.910. The molecule has 0 amide bonds. The Morgan fingerprint density at radius 2 is 1.73 bits per heavy atom. The fourth-order valence-corrected chi connectivity index (χ4v) is 3.14. The Kier molecular flexibility index (Phi) is 4.00. The van der Waals surface area contributed by atoms with E-state index >= 15 is 0 Å². The van der Waals surface area contributed by atoms with Gasteiger partial charge >= 0.3 is 5.97 Å². The van der Waals surface area contributed by atoms with E-state index in [1.807, 2.05) is 6.07 Å². The number of piperidine rings is 1. The second-order valence-corrected chi connectivity index (χ2v) is 5.68. The molecule has 1 aliphatic heterocycles. The van der Waals surface area contributed by atoms with Crippen molar-refractivity contribution in [3.8, 4) is 5.75 Å². The molecule has 1 saturated heterocycles. The summed E-state index contributed by atoms with van der Waals surface area (Å²) >= 11 is 0. The van der Waals surface area contributed by atoms with Crippen molar-refractivity contribution >= 4 is 11.7 Å². The van der Waals surface area contributed by atoms with Crippen LogP contribution in [0.25, 0.3) is 0 Å². The summed E-state index contributed by atoms with van der Waals surface area (Å²) in [6, 6.07) is 14.9. The lowest BCUT2D eigenvalue weighted by Gasteiger charge is -2.34. The molecule has 0 unspecified atom stereocenters. The van der Waals surface area contributed by atoms with Crippen molar-refractivity contribution in [3.63, 3.8) is 0 Å². The van der Waals surface area contributed by atoms with Crippen LogP contribution in [0.3, 0.4) is 0 Å². The molecule has 4 heteroatoms. The molecule has 0 bridgehead atoms. The average Bonchev–Trinajstić information content (AvgIpc) is 2.55. The minimum atomic E-state index is -0.958. The Morgan fingerprint density at radius 3 is 2.36 bits per heavy atom. The number of phenols is 1. The molecule has 2 aromatic rings. The first-order valence-corrected chi connectivity index (χ1v) is 7.51. The summed E-state index contributed by atoms with van der Waals surface area (Å²) in [6.45, 7) is 1.59. The summed E-state index contributed by atoms with van der Waals surface area (Å²) in [7, 11) is 0. The summed E-state index contributed by atoms with van der Waals surface area (Å²) < 4.78 is 0. The molecule has 3 rings (SSSR count). The van der Waals surface area contributed by atoms with Crippen molar-refractivity contribution in [2.75, 3.05) is 18.0 Å². The Hall–Kier alpha value is -2.49. The van der Waals surface area contributed by atoms with Crippen LogP contribution in [0.15, 0.2) is 48.5 Å². The van der Waals surface area contributed by atoms with Gasteiger partial charge in [0.1, 0.15) is 5.75 Å². The molecular weight excluding hydrogens is 278 g/mol. The molecule has 0 aliphatic carbocycles. The third kappa shape index (κ3) is 2.91. The van der Waals surface area contributed by atoms with Gasteiger partial charge in [0.05, 0.1) is 11.3 Å². The summed E-state index contributed by atoms with van der Waals surface area (Å²) in [4.78, 5) is 13.4. The maximum atomic E-state index is 11.4. The first-order chi connectivity index (χ1) is 10.6. The predicted molar refractivity (Wildman–Crippen MR) is 85.7 cm³/mol. The number of carboxylic acids is 1. The maximum absolute atomic E-state index is 11.4. The van der Waals surface area contributed by atoms with Gasteiger partial charge in [-0.25, -0.2) is 4.79 Å². The molecule has 1 aliphatic rings. The van der Waals surface area contributed by atoms with Crippen molar-refractivity contribution in [2.45, 2.75) is 18.8 Å². The Labute approximate surface area is 129 Å². The van der Waals surface area contributed by atoms with Crippen LogP contribution in [0.2, 0.25) is 0 Å². The second-order valence-electron chi connectivity index (χ2n) is 5.68. The highest BCUT2D eigenvalue weighted by Gasteiger charge is 2.23. The number of benzene rings is 2. The zero-order chi connectivity index (χ0) is 15.5. The van der Waals surface area contributed by atoms with E-state index in [0.29, 0.717) is 11.6 Å². The van der Waals surface area contributed by atoms with Crippen LogP contribution < -0.4 is 4.90 Å². The Morgan fingerprint density at radius 1 is 1.05 bits per heavy atom. The highest BCUT2D eigenvalue weighted by molar-refractivity contribution is 5.94. The lowest BCUT2D eigenvalue weighted by atomic mass is 9.89. The minimum absolute atomic E-state index is 0.102. The predicted octanol–water partition coefficient (Wildman–Crippen LogP) is 3.47.